The van der Waals surface area contributed by atoms with Crippen LogP contribution in [-0.2, 0) is 0 Å². The van der Waals surface area contributed by atoms with E-state index in [9.17, 15) is 0 Å². The summed E-state index contributed by atoms with van der Waals surface area (Å²) in [5.41, 5.74) is 0.647. The lowest BCUT2D eigenvalue weighted by Gasteiger charge is -2.09. The summed E-state index contributed by atoms with van der Waals surface area (Å²) in [4.78, 5) is 1.11. The number of rotatable bonds is 4. The summed E-state index contributed by atoms with van der Waals surface area (Å²) in [7, 11) is 0. The van der Waals surface area contributed by atoms with E-state index in [4.69, 9.17) is 10.4 Å². The molecule has 1 aromatic rings. The number of hydrogen-bond donors (Lipinski definition) is 1. The average Bonchev–Trinajstić information content (AvgIpc) is 2.18. The Hall–Kier alpha value is -0.500. The average molecular weight is 286 g/mol. The first-order chi connectivity index (χ1) is 7.17. The van der Waals surface area contributed by atoms with Gasteiger partial charge in [0.2, 0.25) is 0 Å². The molecule has 0 fully saturated rings. The predicted octanol–water partition coefficient (Wildman–Crippen LogP) is 3.18. The van der Waals surface area contributed by atoms with E-state index in [1.165, 1.54) is 0 Å². The molecular formula is C11H12BrNOS. The second-order valence-electron chi connectivity index (χ2n) is 3.19. The molecule has 0 bridgehead atoms. The van der Waals surface area contributed by atoms with Gasteiger partial charge in [0.25, 0.3) is 0 Å². The monoisotopic (exact) mass is 285 g/mol. The van der Waals surface area contributed by atoms with Crippen LogP contribution in [0.4, 0.5) is 0 Å². The smallest absolute Gasteiger partial charge is 0.100 e. The zero-order valence-corrected chi connectivity index (χ0v) is 10.8. The molecule has 0 aliphatic heterocycles. The summed E-state index contributed by atoms with van der Waals surface area (Å²) < 4.78 is 0.825. The van der Waals surface area contributed by atoms with E-state index < -0.39 is 0 Å². The van der Waals surface area contributed by atoms with Gasteiger partial charge in [0, 0.05) is 21.2 Å². The third-order valence-corrected chi connectivity index (χ3v) is 3.75. The van der Waals surface area contributed by atoms with Crippen molar-refractivity contribution in [3.63, 3.8) is 0 Å². The van der Waals surface area contributed by atoms with Crippen LogP contribution >= 0.6 is 27.7 Å². The third kappa shape index (κ3) is 3.86. The van der Waals surface area contributed by atoms with Crippen LogP contribution in [0, 0.1) is 11.3 Å². The Kier molecular flexibility index (Phi) is 5.16. The first-order valence-corrected chi connectivity index (χ1v) is 6.31. The number of benzene rings is 1. The zero-order valence-electron chi connectivity index (χ0n) is 8.40. The van der Waals surface area contributed by atoms with Gasteiger partial charge in [-0.15, -0.1) is 11.8 Å². The fourth-order valence-corrected chi connectivity index (χ4v) is 2.77. The molecule has 4 heteroatoms. The minimum Gasteiger partial charge on any atom is -0.396 e. The number of halogens is 1. The second-order valence-corrected chi connectivity index (χ2v) is 5.56. The minimum atomic E-state index is 0.214. The Labute approximate surface area is 102 Å². The Morgan fingerprint density at radius 1 is 1.60 bits per heavy atom. The lowest BCUT2D eigenvalue weighted by Crippen LogP contribution is -1.98. The Morgan fingerprint density at radius 3 is 2.87 bits per heavy atom. The van der Waals surface area contributed by atoms with E-state index >= 15 is 0 Å². The van der Waals surface area contributed by atoms with Gasteiger partial charge in [-0.2, -0.15) is 5.26 Å². The van der Waals surface area contributed by atoms with Crippen molar-refractivity contribution in [2.24, 2.45) is 0 Å². The number of aliphatic hydroxyl groups excluding tert-OH is 1. The van der Waals surface area contributed by atoms with Crippen LogP contribution in [0.3, 0.4) is 0 Å². The van der Waals surface area contributed by atoms with Crippen molar-refractivity contribution in [1.82, 2.24) is 0 Å². The van der Waals surface area contributed by atoms with Crippen molar-refractivity contribution < 1.29 is 5.11 Å². The van der Waals surface area contributed by atoms with Crippen molar-refractivity contribution in [2.45, 2.75) is 23.5 Å². The molecule has 80 valence electrons. The predicted molar refractivity (Wildman–Crippen MR) is 65.9 cm³/mol. The summed E-state index contributed by atoms with van der Waals surface area (Å²) in [6, 6.07) is 7.78. The fraction of sp³-hybridized carbons (Fsp3) is 0.364. The van der Waals surface area contributed by atoms with Crippen LogP contribution in [-0.4, -0.2) is 17.0 Å². The standard InChI is InChI=1S/C11H12BrNOS/c1-8(4-5-14)15-10-3-2-9(7-13)11(12)6-10/h2-3,6,8,14H,4-5H2,1H3. The maximum atomic E-state index is 8.79. The van der Waals surface area contributed by atoms with Gasteiger partial charge >= 0.3 is 0 Å². The molecule has 0 aromatic heterocycles. The molecule has 0 aliphatic rings. The van der Waals surface area contributed by atoms with E-state index in [0.717, 1.165) is 15.8 Å². The van der Waals surface area contributed by atoms with E-state index in [1.807, 2.05) is 12.1 Å². The van der Waals surface area contributed by atoms with Crippen molar-refractivity contribution in [2.75, 3.05) is 6.61 Å². The molecule has 1 atom stereocenters. The summed E-state index contributed by atoms with van der Waals surface area (Å²) in [5, 5.41) is 17.9. The highest BCUT2D eigenvalue weighted by Gasteiger charge is 2.05. The molecule has 1 N–H and O–H groups in total. The largest absolute Gasteiger partial charge is 0.396 e. The normalized spacial score (nSPS) is 12.1. The van der Waals surface area contributed by atoms with Gasteiger partial charge < -0.3 is 5.11 Å². The fourth-order valence-electron chi connectivity index (χ4n) is 1.13. The van der Waals surface area contributed by atoms with Crippen LogP contribution in [0.15, 0.2) is 27.6 Å². The van der Waals surface area contributed by atoms with Crippen LogP contribution in [0.1, 0.15) is 18.9 Å². The molecular weight excluding hydrogens is 274 g/mol. The summed E-state index contributed by atoms with van der Waals surface area (Å²) in [6.07, 6.45) is 0.780. The quantitative estimate of drug-likeness (QED) is 0.864. The first kappa shape index (κ1) is 12.6. The molecule has 15 heavy (non-hydrogen) atoms. The summed E-state index contributed by atoms with van der Waals surface area (Å²) in [5.74, 6) is 0. The molecule has 0 radical (unpaired) electrons. The van der Waals surface area contributed by atoms with Gasteiger partial charge in [0.1, 0.15) is 6.07 Å². The highest BCUT2D eigenvalue weighted by Crippen LogP contribution is 2.28. The molecule has 0 saturated carbocycles. The van der Waals surface area contributed by atoms with Gasteiger partial charge in [0.05, 0.1) is 5.56 Å². The van der Waals surface area contributed by atoms with Gasteiger partial charge in [0.15, 0.2) is 0 Å². The van der Waals surface area contributed by atoms with E-state index in [1.54, 1.807) is 17.8 Å². The molecule has 0 saturated heterocycles. The maximum Gasteiger partial charge on any atom is 0.100 e. The lowest BCUT2D eigenvalue weighted by atomic mass is 10.2. The van der Waals surface area contributed by atoms with Gasteiger partial charge in [-0.1, -0.05) is 6.92 Å². The molecule has 0 heterocycles. The molecule has 0 spiro atoms. The minimum absolute atomic E-state index is 0.214. The van der Waals surface area contributed by atoms with Crippen molar-refractivity contribution in [1.29, 1.82) is 5.26 Å². The highest BCUT2D eigenvalue weighted by atomic mass is 79.9. The first-order valence-electron chi connectivity index (χ1n) is 4.64. The topological polar surface area (TPSA) is 44.0 Å². The Bertz CT molecular complexity index is 375. The van der Waals surface area contributed by atoms with Crippen LogP contribution in [0.5, 0.6) is 0 Å². The molecule has 0 aliphatic carbocycles. The Morgan fingerprint density at radius 2 is 2.33 bits per heavy atom. The van der Waals surface area contributed by atoms with Gasteiger partial charge in [-0.25, -0.2) is 0 Å². The number of nitrogens with zero attached hydrogens (tertiary/aromatic N) is 1. The summed E-state index contributed by atoms with van der Waals surface area (Å²) >= 11 is 5.05. The van der Waals surface area contributed by atoms with E-state index in [0.29, 0.717) is 10.8 Å². The van der Waals surface area contributed by atoms with Crippen molar-refractivity contribution in [3.05, 3.63) is 28.2 Å². The highest BCUT2D eigenvalue weighted by molar-refractivity contribution is 9.10. The third-order valence-electron chi connectivity index (χ3n) is 1.93. The van der Waals surface area contributed by atoms with Crippen molar-refractivity contribution >= 4 is 27.7 Å². The molecule has 1 aromatic carbocycles. The maximum absolute atomic E-state index is 8.79. The molecule has 0 amide bonds. The number of hydrogen-bond acceptors (Lipinski definition) is 3. The number of aliphatic hydroxyl groups is 1. The molecule has 1 unspecified atom stereocenters. The summed E-state index contributed by atoms with van der Waals surface area (Å²) in [6.45, 7) is 2.29. The SMILES string of the molecule is CC(CCO)Sc1ccc(C#N)c(Br)c1. The van der Waals surface area contributed by atoms with Gasteiger partial charge in [-0.3, -0.25) is 0 Å². The Balaban J connectivity index is 2.72. The van der Waals surface area contributed by atoms with E-state index in [2.05, 4.69) is 28.9 Å². The molecule has 1 rings (SSSR count). The zero-order chi connectivity index (χ0) is 11.3. The van der Waals surface area contributed by atoms with Gasteiger partial charge in [-0.05, 0) is 40.5 Å². The van der Waals surface area contributed by atoms with Crippen LogP contribution in [0.2, 0.25) is 0 Å². The van der Waals surface area contributed by atoms with Crippen molar-refractivity contribution in [3.8, 4) is 6.07 Å². The van der Waals surface area contributed by atoms with Crippen LogP contribution in [0.25, 0.3) is 0 Å². The number of nitriles is 1. The van der Waals surface area contributed by atoms with Crippen LogP contribution < -0.4 is 0 Å². The second kappa shape index (κ2) is 6.16. The van der Waals surface area contributed by atoms with E-state index in [-0.39, 0.29) is 6.61 Å². The number of thioether (sulfide) groups is 1. The lowest BCUT2D eigenvalue weighted by molar-refractivity contribution is 0.289. The molecule has 2 nitrogen and oxygen atoms in total.